The van der Waals surface area contributed by atoms with Crippen molar-refractivity contribution in [3.05, 3.63) is 10.1 Å². The molecular weight excluding hydrogens is 192 g/mol. The van der Waals surface area contributed by atoms with Crippen LogP contribution in [-0.2, 0) is 4.74 Å². The van der Waals surface area contributed by atoms with Crippen LogP contribution in [-0.4, -0.2) is 29.5 Å². The third kappa shape index (κ3) is 2.98. The molecule has 78 valence electrons. The number of carbonyl (C=O) groups is 1. The standard InChI is InChI=1S/C6H10N4O4/c7-6(11)9-8-3-4-1-2-5(14-4)10(12)13/h3-5H,1-2H2,(H3,7,9,11)/b8-3+. The number of hydrazone groups is 1. The van der Waals surface area contributed by atoms with Crippen molar-refractivity contribution in [2.24, 2.45) is 10.8 Å². The highest BCUT2D eigenvalue weighted by Gasteiger charge is 2.32. The van der Waals surface area contributed by atoms with Crippen LogP contribution in [0.25, 0.3) is 0 Å². The van der Waals surface area contributed by atoms with E-state index in [-0.39, 0.29) is 0 Å². The maximum Gasteiger partial charge on any atom is 0.332 e. The predicted octanol–water partition coefficient (Wildman–Crippen LogP) is -0.578. The molecule has 2 amide bonds. The van der Waals surface area contributed by atoms with Crippen LogP contribution >= 0.6 is 0 Å². The molecule has 0 aromatic rings. The van der Waals surface area contributed by atoms with Crippen LogP contribution in [0.15, 0.2) is 5.10 Å². The molecule has 0 bridgehead atoms. The quantitative estimate of drug-likeness (QED) is 0.361. The first kappa shape index (κ1) is 10.4. The fourth-order valence-electron chi connectivity index (χ4n) is 1.09. The first-order chi connectivity index (χ1) is 6.59. The molecule has 2 atom stereocenters. The lowest BCUT2D eigenvalue weighted by Crippen LogP contribution is -2.26. The van der Waals surface area contributed by atoms with Crippen molar-refractivity contribution < 1.29 is 14.5 Å². The van der Waals surface area contributed by atoms with E-state index in [0.29, 0.717) is 12.8 Å². The number of nitrogens with one attached hydrogen (secondary N) is 1. The van der Waals surface area contributed by atoms with Gasteiger partial charge < -0.3 is 10.5 Å². The van der Waals surface area contributed by atoms with Gasteiger partial charge in [-0.05, 0) is 6.42 Å². The van der Waals surface area contributed by atoms with E-state index >= 15 is 0 Å². The first-order valence-corrected chi connectivity index (χ1v) is 3.97. The molecule has 14 heavy (non-hydrogen) atoms. The molecule has 0 saturated carbocycles. The minimum Gasteiger partial charge on any atom is -0.350 e. The first-order valence-electron chi connectivity index (χ1n) is 3.97. The molecule has 0 spiro atoms. The minimum absolute atomic E-state index is 0.347. The number of nitrogens with two attached hydrogens (primary N) is 1. The Balaban J connectivity index is 2.32. The third-order valence-corrected chi connectivity index (χ3v) is 1.68. The molecule has 1 fully saturated rings. The van der Waals surface area contributed by atoms with Crippen LogP contribution in [0.3, 0.4) is 0 Å². The van der Waals surface area contributed by atoms with Gasteiger partial charge in [-0.1, -0.05) is 0 Å². The summed E-state index contributed by atoms with van der Waals surface area (Å²) in [5.41, 5.74) is 6.71. The van der Waals surface area contributed by atoms with E-state index in [1.165, 1.54) is 6.21 Å². The highest BCUT2D eigenvalue weighted by Crippen LogP contribution is 2.18. The Kier molecular flexibility index (Phi) is 3.35. The smallest absolute Gasteiger partial charge is 0.332 e. The molecule has 0 radical (unpaired) electrons. The van der Waals surface area contributed by atoms with Gasteiger partial charge in [0, 0.05) is 6.42 Å². The van der Waals surface area contributed by atoms with E-state index < -0.39 is 23.3 Å². The molecule has 0 aromatic heterocycles. The van der Waals surface area contributed by atoms with Gasteiger partial charge >= 0.3 is 12.3 Å². The highest BCUT2D eigenvalue weighted by atomic mass is 16.7. The molecule has 1 heterocycles. The summed E-state index contributed by atoms with van der Waals surface area (Å²) in [6.07, 6.45) is 0.738. The Hall–Kier alpha value is -1.70. The highest BCUT2D eigenvalue weighted by molar-refractivity contribution is 5.73. The van der Waals surface area contributed by atoms with Crippen LogP contribution in [0.2, 0.25) is 0 Å². The Labute approximate surface area is 79.2 Å². The largest absolute Gasteiger partial charge is 0.350 e. The molecule has 2 unspecified atom stereocenters. The summed E-state index contributed by atoms with van der Waals surface area (Å²) in [4.78, 5) is 20.0. The maximum absolute atomic E-state index is 10.3. The van der Waals surface area contributed by atoms with E-state index in [2.05, 4.69) is 5.10 Å². The van der Waals surface area contributed by atoms with E-state index in [4.69, 9.17) is 10.5 Å². The Morgan fingerprint density at radius 3 is 2.93 bits per heavy atom. The van der Waals surface area contributed by atoms with Gasteiger partial charge in [0.2, 0.25) is 0 Å². The van der Waals surface area contributed by atoms with Crippen LogP contribution in [0.4, 0.5) is 4.79 Å². The maximum atomic E-state index is 10.3. The van der Waals surface area contributed by atoms with Gasteiger partial charge in [-0.3, -0.25) is 10.1 Å². The monoisotopic (exact) mass is 202 g/mol. The number of nitro groups is 1. The van der Waals surface area contributed by atoms with E-state index in [0.717, 1.165) is 0 Å². The molecule has 0 aromatic carbocycles. The second-order valence-electron chi connectivity index (χ2n) is 2.75. The summed E-state index contributed by atoms with van der Waals surface area (Å²) in [7, 11) is 0. The third-order valence-electron chi connectivity index (χ3n) is 1.68. The van der Waals surface area contributed by atoms with Crippen molar-refractivity contribution >= 4 is 12.2 Å². The number of rotatable bonds is 3. The predicted molar refractivity (Wildman–Crippen MR) is 46.1 cm³/mol. The summed E-state index contributed by atoms with van der Waals surface area (Å²) >= 11 is 0. The zero-order valence-corrected chi connectivity index (χ0v) is 7.25. The second kappa shape index (κ2) is 4.51. The number of hydrogen-bond acceptors (Lipinski definition) is 5. The lowest BCUT2D eigenvalue weighted by molar-refractivity contribution is -0.570. The average molecular weight is 202 g/mol. The number of primary amides is 1. The molecule has 1 aliphatic heterocycles. The Bertz CT molecular complexity index is 267. The van der Waals surface area contributed by atoms with E-state index in [1.807, 2.05) is 5.43 Å². The van der Waals surface area contributed by atoms with Gasteiger partial charge in [-0.25, -0.2) is 10.2 Å². The van der Waals surface area contributed by atoms with Gasteiger partial charge in [-0.15, -0.1) is 0 Å². The normalized spacial score (nSPS) is 26.6. The zero-order valence-electron chi connectivity index (χ0n) is 7.25. The summed E-state index contributed by atoms with van der Waals surface area (Å²) in [5, 5.41) is 13.7. The van der Waals surface area contributed by atoms with Crippen molar-refractivity contribution in [2.45, 2.75) is 25.2 Å². The van der Waals surface area contributed by atoms with Crippen LogP contribution in [0.1, 0.15) is 12.8 Å². The van der Waals surface area contributed by atoms with Gasteiger partial charge in [0.1, 0.15) is 6.10 Å². The molecule has 8 nitrogen and oxygen atoms in total. The SMILES string of the molecule is NC(=O)N/N=C/C1CCC([N+](=O)[O-])O1. The topological polar surface area (TPSA) is 120 Å². The Morgan fingerprint density at radius 2 is 2.43 bits per heavy atom. The molecule has 1 saturated heterocycles. The molecule has 0 aliphatic carbocycles. The van der Waals surface area contributed by atoms with Crippen molar-refractivity contribution in [3.8, 4) is 0 Å². The fourth-order valence-corrected chi connectivity index (χ4v) is 1.09. The van der Waals surface area contributed by atoms with Crippen LogP contribution in [0, 0.1) is 10.1 Å². The van der Waals surface area contributed by atoms with Crippen molar-refractivity contribution in [2.75, 3.05) is 0 Å². The van der Waals surface area contributed by atoms with E-state index in [9.17, 15) is 14.9 Å². The van der Waals surface area contributed by atoms with E-state index in [1.54, 1.807) is 0 Å². The van der Waals surface area contributed by atoms with Gasteiger partial charge in [0.05, 0.1) is 11.1 Å². The van der Waals surface area contributed by atoms with Gasteiger partial charge in [0.25, 0.3) is 0 Å². The molecule has 1 aliphatic rings. The Morgan fingerprint density at radius 1 is 1.71 bits per heavy atom. The van der Waals surface area contributed by atoms with Gasteiger partial charge in [-0.2, -0.15) is 5.10 Å². The number of hydrogen-bond donors (Lipinski definition) is 2. The number of carbonyl (C=O) groups excluding carboxylic acids is 1. The van der Waals surface area contributed by atoms with Crippen LogP contribution < -0.4 is 11.2 Å². The van der Waals surface area contributed by atoms with Crippen LogP contribution in [0.5, 0.6) is 0 Å². The summed E-state index contributed by atoms with van der Waals surface area (Å²) in [6, 6.07) is -0.787. The number of urea groups is 1. The number of ether oxygens (including phenoxy) is 1. The summed E-state index contributed by atoms with van der Waals surface area (Å²) in [5.74, 6) is 0. The van der Waals surface area contributed by atoms with Crippen molar-refractivity contribution in [3.63, 3.8) is 0 Å². The molecule has 1 rings (SSSR count). The molecule has 3 N–H and O–H groups in total. The molecule has 8 heteroatoms. The van der Waals surface area contributed by atoms with Gasteiger partial charge in [0.15, 0.2) is 0 Å². The number of nitrogens with zero attached hydrogens (tertiary/aromatic N) is 2. The fraction of sp³-hybridized carbons (Fsp3) is 0.667. The average Bonchev–Trinajstić information content (AvgIpc) is 2.52. The van der Waals surface area contributed by atoms with Crippen molar-refractivity contribution in [1.29, 1.82) is 0 Å². The number of amides is 2. The second-order valence-corrected chi connectivity index (χ2v) is 2.75. The van der Waals surface area contributed by atoms with Crippen molar-refractivity contribution in [1.82, 2.24) is 5.43 Å². The summed E-state index contributed by atoms with van der Waals surface area (Å²) < 4.78 is 4.96. The lowest BCUT2D eigenvalue weighted by atomic mass is 10.2. The minimum atomic E-state index is -0.972. The lowest BCUT2D eigenvalue weighted by Gasteiger charge is -2.02. The summed E-state index contributed by atoms with van der Waals surface area (Å²) in [6.45, 7) is 0. The molecular formula is C6H10N4O4. The zero-order chi connectivity index (χ0) is 10.6.